The summed E-state index contributed by atoms with van der Waals surface area (Å²) in [6.45, 7) is 6.80. The Morgan fingerprint density at radius 2 is 1.89 bits per heavy atom. The van der Waals surface area contributed by atoms with E-state index in [0.29, 0.717) is 12.5 Å². The van der Waals surface area contributed by atoms with Crippen LogP contribution in [0.25, 0.3) is 0 Å². The largest absolute Gasteiger partial charge is 0.465 e. The van der Waals surface area contributed by atoms with Crippen molar-refractivity contribution < 1.29 is 9.53 Å². The molecule has 0 aromatic heterocycles. The molecule has 2 nitrogen and oxygen atoms in total. The predicted octanol–water partition coefficient (Wildman–Crippen LogP) is 4.55. The molecular weight excluding hydrogens is 236 g/mol. The van der Waals surface area contributed by atoms with Crippen LogP contribution in [0, 0.1) is 5.92 Å². The van der Waals surface area contributed by atoms with E-state index in [9.17, 15) is 4.79 Å². The third kappa shape index (κ3) is 5.46. The normalized spacial score (nSPS) is 13.8. The molecule has 106 valence electrons. The lowest BCUT2D eigenvalue weighted by Gasteiger charge is -2.19. The monoisotopic (exact) mass is 262 g/mol. The van der Waals surface area contributed by atoms with Gasteiger partial charge in [-0.05, 0) is 30.7 Å². The average Bonchev–Trinajstić information content (AvgIpc) is 2.45. The van der Waals surface area contributed by atoms with Crippen molar-refractivity contribution >= 4 is 5.97 Å². The topological polar surface area (TPSA) is 26.3 Å². The van der Waals surface area contributed by atoms with Crippen LogP contribution in [0.3, 0.4) is 0 Å². The van der Waals surface area contributed by atoms with Gasteiger partial charge in [0, 0.05) is 0 Å². The van der Waals surface area contributed by atoms with Crippen molar-refractivity contribution in [2.24, 2.45) is 5.92 Å². The summed E-state index contributed by atoms with van der Waals surface area (Å²) in [7, 11) is 0. The van der Waals surface area contributed by atoms with E-state index in [2.05, 4.69) is 38.1 Å². The summed E-state index contributed by atoms with van der Waals surface area (Å²) in [5.74, 6) is 0.361. The first-order chi connectivity index (χ1) is 9.19. The Kier molecular flexibility index (Phi) is 7.24. The third-order valence-electron chi connectivity index (χ3n) is 3.55. The van der Waals surface area contributed by atoms with Crippen LogP contribution in [0.15, 0.2) is 30.3 Å². The van der Waals surface area contributed by atoms with Gasteiger partial charge in [0.15, 0.2) is 0 Å². The van der Waals surface area contributed by atoms with E-state index in [1.54, 1.807) is 0 Å². The fourth-order valence-electron chi connectivity index (χ4n) is 2.25. The first-order valence-electron chi connectivity index (χ1n) is 7.40. The molecule has 0 aliphatic rings. The lowest BCUT2D eigenvalue weighted by molar-refractivity contribution is -0.148. The van der Waals surface area contributed by atoms with Gasteiger partial charge in [-0.25, -0.2) is 0 Å². The lowest BCUT2D eigenvalue weighted by atomic mass is 9.88. The zero-order valence-corrected chi connectivity index (χ0v) is 12.4. The van der Waals surface area contributed by atoms with Crippen molar-refractivity contribution in [2.75, 3.05) is 6.61 Å². The van der Waals surface area contributed by atoms with Crippen molar-refractivity contribution in [3.63, 3.8) is 0 Å². The number of carbonyl (C=O) groups is 1. The van der Waals surface area contributed by atoms with Gasteiger partial charge in [0.1, 0.15) is 0 Å². The molecule has 1 aromatic rings. The second-order valence-corrected chi connectivity index (χ2v) is 5.17. The molecular formula is C17H26O2. The van der Waals surface area contributed by atoms with Crippen LogP contribution in [0.5, 0.6) is 0 Å². The molecule has 0 saturated carbocycles. The van der Waals surface area contributed by atoms with Gasteiger partial charge < -0.3 is 4.74 Å². The van der Waals surface area contributed by atoms with Crippen LogP contribution in [0.2, 0.25) is 0 Å². The molecule has 0 aliphatic heterocycles. The predicted molar refractivity (Wildman–Crippen MR) is 79.1 cm³/mol. The Morgan fingerprint density at radius 3 is 2.47 bits per heavy atom. The number of unbranched alkanes of at least 4 members (excludes halogenated alkanes) is 1. The number of benzene rings is 1. The summed E-state index contributed by atoms with van der Waals surface area (Å²) < 4.78 is 5.29. The van der Waals surface area contributed by atoms with Crippen molar-refractivity contribution in [1.82, 2.24) is 0 Å². The molecule has 0 saturated heterocycles. The Hall–Kier alpha value is -1.31. The highest BCUT2D eigenvalue weighted by Gasteiger charge is 2.20. The van der Waals surface area contributed by atoms with E-state index < -0.39 is 0 Å². The fraction of sp³-hybridized carbons (Fsp3) is 0.588. The highest BCUT2D eigenvalue weighted by Crippen LogP contribution is 2.27. The molecule has 0 spiro atoms. The minimum absolute atomic E-state index is 0.0259. The van der Waals surface area contributed by atoms with Crippen molar-refractivity contribution in [1.29, 1.82) is 0 Å². The molecule has 0 amide bonds. The van der Waals surface area contributed by atoms with E-state index in [4.69, 9.17) is 4.74 Å². The molecule has 1 aromatic carbocycles. The van der Waals surface area contributed by atoms with Gasteiger partial charge in [-0.1, -0.05) is 57.5 Å². The number of ether oxygens (including phenoxy) is 1. The molecule has 2 heteroatoms. The Balaban J connectivity index is 2.49. The van der Waals surface area contributed by atoms with Crippen LogP contribution in [0.1, 0.15) is 57.9 Å². The van der Waals surface area contributed by atoms with E-state index in [1.165, 1.54) is 5.56 Å². The Labute approximate surface area is 117 Å². The van der Waals surface area contributed by atoms with Gasteiger partial charge >= 0.3 is 5.97 Å². The maximum absolute atomic E-state index is 11.9. The first kappa shape index (κ1) is 15.7. The van der Waals surface area contributed by atoms with Crippen LogP contribution in [0.4, 0.5) is 0 Å². The highest BCUT2D eigenvalue weighted by molar-refractivity contribution is 5.72. The quantitative estimate of drug-likeness (QED) is 0.507. The molecule has 1 rings (SSSR count). The minimum Gasteiger partial charge on any atom is -0.465 e. The molecule has 0 radical (unpaired) electrons. The highest BCUT2D eigenvalue weighted by atomic mass is 16.5. The van der Waals surface area contributed by atoms with Gasteiger partial charge in [0.2, 0.25) is 0 Å². The molecule has 2 atom stereocenters. The van der Waals surface area contributed by atoms with Crippen molar-refractivity contribution in [2.45, 2.75) is 52.4 Å². The van der Waals surface area contributed by atoms with E-state index in [-0.39, 0.29) is 11.9 Å². The maximum Gasteiger partial charge on any atom is 0.308 e. The zero-order chi connectivity index (χ0) is 14.1. The van der Waals surface area contributed by atoms with Gasteiger partial charge in [0.05, 0.1) is 12.5 Å². The lowest BCUT2D eigenvalue weighted by Crippen LogP contribution is -2.18. The molecule has 0 N–H and O–H groups in total. The first-order valence-corrected chi connectivity index (χ1v) is 7.40. The summed E-state index contributed by atoms with van der Waals surface area (Å²) >= 11 is 0. The summed E-state index contributed by atoms with van der Waals surface area (Å²) in [6, 6.07) is 10.4. The van der Waals surface area contributed by atoms with E-state index in [0.717, 1.165) is 25.7 Å². The second kappa shape index (κ2) is 8.73. The molecule has 0 fully saturated rings. The Bertz CT molecular complexity index is 359. The zero-order valence-electron chi connectivity index (χ0n) is 12.4. The summed E-state index contributed by atoms with van der Waals surface area (Å²) in [4.78, 5) is 11.9. The van der Waals surface area contributed by atoms with Gasteiger partial charge in [-0.2, -0.15) is 0 Å². The van der Waals surface area contributed by atoms with Crippen LogP contribution >= 0.6 is 0 Å². The van der Waals surface area contributed by atoms with Gasteiger partial charge in [-0.15, -0.1) is 0 Å². The summed E-state index contributed by atoms with van der Waals surface area (Å²) in [6.07, 6.45) is 3.93. The van der Waals surface area contributed by atoms with Gasteiger partial charge in [0.25, 0.3) is 0 Å². The number of esters is 1. The van der Waals surface area contributed by atoms with Crippen molar-refractivity contribution in [3.05, 3.63) is 35.9 Å². The third-order valence-corrected chi connectivity index (χ3v) is 3.55. The molecule has 0 aliphatic carbocycles. The standard InChI is InChI=1S/C17H26O2/c1-4-6-12-19-17(18)14(3)13-15(5-2)16-10-8-7-9-11-16/h7-11,14-15H,4-6,12-13H2,1-3H3/t14-,15?/m1/s1. The second-order valence-electron chi connectivity index (χ2n) is 5.17. The fourth-order valence-corrected chi connectivity index (χ4v) is 2.25. The summed E-state index contributed by atoms with van der Waals surface area (Å²) in [5.41, 5.74) is 1.32. The SMILES string of the molecule is CCCCOC(=O)[C@H](C)CC(CC)c1ccccc1. The van der Waals surface area contributed by atoms with Crippen molar-refractivity contribution in [3.8, 4) is 0 Å². The van der Waals surface area contributed by atoms with E-state index in [1.807, 2.05) is 13.0 Å². The molecule has 19 heavy (non-hydrogen) atoms. The van der Waals surface area contributed by atoms with Crippen LogP contribution in [-0.2, 0) is 9.53 Å². The molecule has 0 heterocycles. The maximum atomic E-state index is 11.9. The summed E-state index contributed by atoms with van der Waals surface area (Å²) in [5, 5.41) is 0. The smallest absolute Gasteiger partial charge is 0.308 e. The molecule has 0 bridgehead atoms. The number of hydrogen-bond donors (Lipinski definition) is 0. The van der Waals surface area contributed by atoms with Crippen LogP contribution in [-0.4, -0.2) is 12.6 Å². The number of rotatable bonds is 8. The number of hydrogen-bond acceptors (Lipinski definition) is 2. The van der Waals surface area contributed by atoms with E-state index >= 15 is 0 Å². The average molecular weight is 262 g/mol. The van der Waals surface area contributed by atoms with Crippen LogP contribution < -0.4 is 0 Å². The molecule has 1 unspecified atom stereocenters. The minimum atomic E-state index is -0.0529. The van der Waals surface area contributed by atoms with Gasteiger partial charge in [-0.3, -0.25) is 4.79 Å². The Morgan fingerprint density at radius 1 is 1.21 bits per heavy atom. The number of carbonyl (C=O) groups excluding carboxylic acids is 1.